The Labute approximate surface area is 88.5 Å². The molecule has 1 atom stereocenters. The lowest BCUT2D eigenvalue weighted by molar-refractivity contribution is 0.0473. The van der Waals surface area contributed by atoms with Gasteiger partial charge < -0.3 is 14.4 Å². The van der Waals surface area contributed by atoms with E-state index in [4.69, 9.17) is 4.42 Å². The van der Waals surface area contributed by atoms with Crippen molar-refractivity contribution in [3.05, 3.63) is 23.7 Å². The minimum absolute atomic E-state index is 0.0504. The van der Waals surface area contributed by atoms with Gasteiger partial charge in [0.05, 0.1) is 11.7 Å². The van der Waals surface area contributed by atoms with E-state index in [1.165, 1.54) is 6.26 Å². The van der Waals surface area contributed by atoms with Crippen molar-refractivity contribution in [1.82, 2.24) is 4.90 Å². The largest absolute Gasteiger partial charge is 0.469 e. The molecule has 1 unspecified atom stereocenters. The molecule has 1 aromatic heterocycles. The van der Waals surface area contributed by atoms with Crippen LogP contribution < -0.4 is 0 Å². The van der Waals surface area contributed by atoms with E-state index >= 15 is 0 Å². The molecule has 4 nitrogen and oxygen atoms in total. The number of hydrogen-bond donors (Lipinski definition) is 1. The molecule has 1 aromatic rings. The van der Waals surface area contributed by atoms with E-state index in [0.717, 1.165) is 25.1 Å². The SMILES string of the molecule is Cc1cc(C(=O)N2CCCC(O)C2)co1. The molecule has 1 N–H and O–H groups in total. The summed E-state index contributed by atoms with van der Waals surface area (Å²) in [5.41, 5.74) is 0.571. The monoisotopic (exact) mass is 209 g/mol. The van der Waals surface area contributed by atoms with E-state index in [0.29, 0.717) is 12.1 Å². The number of β-amino-alcohol motifs (C(OH)–C–C–N with tert-alkyl or cyclic N) is 1. The van der Waals surface area contributed by atoms with Crippen LogP contribution in [0.4, 0.5) is 0 Å². The van der Waals surface area contributed by atoms with Crippen molar-refractivity contribution in [3.63, 3.8) is 0 Å². The highest BCUT2D eigenvalue weighted by molar-refractivity contribution is 5.94. The van der Waals surface area contributed by atoms with Crippen molar-refractivity contribution in [1.29, 1.82) is 0 Å². The van der Waals surface area contributed by atoms with Gasteiger partial charge in [0.15, 0.2) is 0 Å². The highest BCUT2D eigenvalue weighted by Gasteiger charge is 2.23. The molecule has 15 heavy (non-hydrogen) atoms. The van der Waals surface area contributed by atoms with Gasteiger partial charge >= 0.3 is 0 Å². The number of carbonyl (C=O) groups is 1. The van der Waals surface area contributed by atoms with Crippen LogP contribution in [0.2, 0.25) is 0 Å². The van der Waals surface area contributed by atoms with Crippen molar-refractivity contribution in [2.45, 2.75) is 25.9 Å². The molecule has 0 bridgehead atoms. The van der Waals surface area contributed by atoms with Crippen molar-refractivity contribution >= 4 is 5.91 Å². The first kappa shape index (κ1) is 10.2. The quantitative estimate of drug-likeness (QED) is 0.755. The zero-order chi connectivity index (χ0) is 10.8. The molecule has 0 spiro atoms. The molecule has 0 radical (unpaired) electrons. The van der Waals surface area contributed by atoms with E-state index in [-0.39, 0.29) is 12.0 Å². The first-order chi connectivity index (χ1) is 7.16. The predicted octanol–water partition coefficient (Wildman–Crippen LogP) is 1.18. The van der Waals surface area contributed by atoms with E-state index in [1.54, 1.807) is 11.0 Å². The van der Waals surface area contributed by atoms with Gasteiger partial charge in [0.1, 0.15) is 12.0 Å². The molecule has 0 aliphatic carbocycles. The standard InChI is InChI=1S/C11H15NO3/c1-8-5-9(7-15-8)11(14)12-4-2-3-10(13)6-12/h5,7,10,13H,2-4,6H2,1H3. The minimum atomic E-state index is -0.379. The molecule has 82 valence electrons. The van der Waals surface area contributed by atoms with Gasteiger partial charge in [-0.1, -0.05) is 0 Å². The third kappa shape index (κ3) is 2.21. The van der Waals surface area contributed by atoms with Crippen molar-refractivity contribution in [2.75, 3.05) is 13.1 Å². The zero-order valence-corrected chi connectivity index (χ0v) is 8.77. The van der Waals surface area contributed by atoms with Gasteiger partial charge in [0, 0.05) is 13.1 Å². The number of carbonyl (C=O) groups excluding carboxylic acids is 1. The molecule has 1 fully saturated rings. The molecule has 0 aromatic carbocycles. The summed E-state index contributed by atoms with van der Waals surface area (Å²) in [6.45, 7) is 2.96. The maximum Gasteiger partial charge on any atom is 0.257 e. The van der Waals surface area contributed by atoms with Gasteiger partial charge in [-0.05, 0) is 25.8 Å². The second-order valence-electron chi connectivity index (χ2n) is 3.99. The van der Waals surface area contributed by atoms with Gasteiger partial charge in [0.25, 0.3) is 5.91 Å². The van der Waals surface area contributed by atoms with E-state index in [2.05, 4.69) is 0 Å². The van der Waals surface area contributed by atoms with Crippen LogP contribution in [0.25, 0.3) is 0 Å². The number of furan rings is 1. The molecule has 0 saturated carbocycles. The van der Waals surface area contributed by atoms with Crippen LogP contribution in [0.15, 0.2) is 16.7 Å². The Morgan fingerprint density at radius 2 is 2.47 bits per heavy atom. The Morgan fingerprint density at radius 1 is 1.67 bits per heavy atom. The van der Waals surface area contributed by atoms with Crippen molar-refractivity contribution in [3.8, 4) is 0 Å². The van der Waals surface area contributed by atoms with Crippen LogP contribution in [0, 0.1) is 6.92 Å². The molecule has 1 saturated heterocycles. The summed E-state index contributed by atoms with van der Waals surface area (Å²) < 4.78 is 5.09. The van der Waals surface area contributed by atoms with Crippen LogP contribution >= 0.6 is 0 Å². The number of aryl methyl sites for hydroxylation is 1. The van der Waals surface area contributed by atoms with Gasteiger partial charge in [-0.2, -0.15) is 0 Å². The Bertz CT molecular complexity index is 358. The summed E-state index contributed by atoms with van der Waals surface area (Å²) in [4.78, 5) is 13.6. The lowest BCUT2D eigenvalue weighted by Crippen LogP contribution is -2.42. The second-order valence-corrected chi connectivity index (χ2v) is 3.99. The molecule has 1 aliphatic heterocycles. The maximum absolute atomic E-state index is 11.9. The summed E-state index contributed by atoms with van der Waals surface area (Å²) in [5, 5.41) is 9.46. The van der Waals surface area contributed by atoms with E-state index < -0.39 is 0 Å². The predicted molar refractivity (Wildman–Crippen MR) is 54.6 cm³/mol. The lowest BCUT2D eigenvalue weighted by Gasteiger charge is -2.29. The molecular weight excluding hydrogens is 194 g/mol. The number of likely N-dealkylation sites (tertiary alicyclic amines) is 1. The normalized spacial score (nSPS) is 21.7. The third-order valence-corrected chi connectivity index (χ3v) is 2.66. The highest BCUT2D eigenvalue weighted by atomic mass is 16.3. The van der Waals surface area contributed by atoms with E-state index in [9.17, 15) is 9.90 Å². The van der Waals surface area contributed by atoms with Gasteiger partial charge in [-0.25, -0.2) is 0 Å². The molecule has 4 heteroatoms. The highest BCUT2D eigenvalue weighted by Crippen LogP contribution is 2.15. The van der Waals surface area contributed by atoms with Crippen LogP contribution in [-0.2, 0) is 0 Å². The Hall–Kier alpha value is -1.29. The van der Waals surface area contributed by atoms with Crippen molar-refractivity contribution < 1.29 is 14.3 Å². The third-order valence-electron chi connectivity index (χ3n) is 2.66. The fourth-order valence-electron chi connectivity index (χ4n) is 1.88. The molecule has 2 heterocycles. The first-order valence-electron chi connectivity index (χ1n) is 5.19. The van der Waals surface area contributed by atoms with E-state index in [1.807, 2.05) is 6.92 Å². The summed E-state index contributed by atoms with van der Waals surface area (Å²) in [5.74, 6) is 0.682. The Kier molecular flexibility index (Phi) is 2.77. The average molecular weight is 209 g/mol. The number of amides is 1. The first-order valence-corrected chi connectivity index (χ1v) is 5.19. The fourth-order valence-corrected chi connectivity index (χ4v) is 1.88. The second kappa shape index (κ2) is 4.06. The fraction of sp³-hybridized carbons (Fsp3) is 0.545. The zero-order valence-electron chi connectivity index (χ0n) is 8.77. The summed E-state index contributed by atoms with van der Waals surface area (Å²) in [7, 11) is 0. The summed E-state index contributed by atoms with van der Waals surface area (Å²) in [6.07, 6.45) is 2.74. The van der Waals surface area contributed by atoms with Crippen molar-refractivity contribution in [2.24, 2.45) is 0 Å². The van der Waals surface area contributed by atoms with Gasteiger partial charge in [0.2, 0.25) is 0 Å². The molecule has 1 aliphatic rings. The van der Waals surface area contributed by atoms with Crippen LogP contribution in [0.1, 0.15) is 29.0 Å². The summed E-state index contributed by atoms with van der Waals surface area (Å²) >= 11 is 0. The van der Waals surface area contributed by atoms with Crippen LogP contribution in [0.5, 0.6) is 0 Å². The lowest BCUT2D eigenvalue weighted by atomic mass is 10.1. The van der Waals surface area contributed by atoms with Gasteiger partial charge in [-0.3, -0.25) is 4.79 Å². The number of aliphatic hydroxyl groups excluding tert-OH is 1. The minimum Gasteiger partial charge on any atom is -0.469 e. The Morgan fingerprint density at radius 3 is 3.07 bits per heavy atom. The topological polar surface area (TPSA) is 53.7 Å². The molecule has 2 rings (SSSR count). The van der Waals surface area contributed by atoms with Crippen LogP contribution in [-0.4, -0.2) is 35.1 Å². The number of aliphatic hydroxyl groups is 1. The Balaban J connectivity index is 2.07. The number of nitrogens with zero attached hydrogens (tertiary/aromatic N) is 1. The summed E-state index contributed by atoms with van der Waals surface area (Å²) in [6, 6.07) is 1.73. The maximum atomic E-state index is 11.9. The average Bonchev–Trinajstić information content (AvgIpc) is 2.64. The van der Waals surface area contributed by atoms with Crippen LogP contribution in [0.3, 0.4) is 0 Å². The molecule has 1 amide bonds. The number of rotatable bonds is 1. The smallest absolute Gasteiger partial charge is 0.257 e. The molecular formula is C11H15NO3. The van der Waals surface area contributed by atoms with Gasteiger partial charge in [-0.15, -0.1) is 0 Å². The number of piperidine rings is 1. The number of hydrogen-bond acceptors (Lipinski definition) is 3.